The Labute approximate surface area is 82.9 Å². The molecule has 2 nitrogen and oxygen atoms in total. The normalized spacial score (nSPS) is 9.77. The molecule has 0 heterocycles. The fraction of sp³-hybridized carbons (Fsp3) is 0.300. The van der Waals surface area contributed by atoms with E-state index in [9.17, 15) is 4.79 Å². The summed E-state index contributed by atoms with van der Waals surface area (Å²) >= 11 is 5.79. The van der Waals surface area contributed by atoms with E-state index in [0.717, 1.165) is 5.69 Å². The Bertz CT molecular complexity index is 323. The first kappa shape index (κ1) is 10.1. The summed E-state index contributed by atoms with van der Waals surface area (Å²) in [6.07, 6.45) is 0.510. The number of rotatable bonds is 3. The fourth-order valence-electron chi connectivity index (χ4n) is 1.16. The lowest BCUT2D eigenvalue weighted by atomic mass is 10.1. The van der Waals surface area contributed by atoms with Gasteiger partial charge in [0.05, 0.1) is 0 Å². The average Bonchev–Trinajstić information content (AvgIpc) is 2.16. The van der Waals surface area contributed by atoms with Crippen molar-refractivity contribution in [3.63, 3.8) is 0 Å². The standard InChI is InChI=1S/C10H12ClNO/c1-3-10(13)8-5-4-7(11)6-9(8)12-2/h4-6,12H,3H2,1-2H3. The SMILES string of the molecule is CCC(=O)c1ccc(Cl)cc1NC. The van der Waals surface area contributed by atoms with Crippen LogP contribution in [-0.2, 0) is 0 Å². The van der Waals surface area contributed by atoms with Crippen molar-refractivity contribution < 1.29 is 4.79 Å². The summed E-state index contributed by atoms with van der Waals surface area (Å²) < 4.78 is 0. The molecule has 0 amide bonds. The number of ketones is 1. The number of hydrogen-bond donors (Lipinski definition) is 1. The van der Waals surface area contributed by atoms with E-state index >= 15 is 0 Å². The third-order valence-electron chi connectivity index (χ3n) is 1.87. The van der Waals surface area contributed by atoms with Crippen molar-refractivity contribution >= 4 is 23.1 Å². The lowest BCUT2D eigenvalue weighted by molar-refractivity contribution is 0.0989. The minimum Gasteiger partial charge on any atom is -0.387 e. The summed E-state index contributed by atoms with van der Waals surface area (Å²) in [6.45, 7) is 1.84. The van der Waals surface area contributed by atoms with Crippen LogP contribution in [0.1, 0.15) is 23.7 Å². The van der Waals surface area contributed by atoms with Crippen molar-refractivity contribution in [2.45, 2.75) is 13.3 Å². The molecule has 0 bridgehead atoms. The smallest absolute Gasteiger partial charge is 0.164 e. The maximum absolute atomic E-state index is 11.4. The predicted octanol–water partition coefficient (Wildman–Crippen LogP) is 2.97. The quantitative estimate of drug-likeness (QED) is 0.755. The molecule has 13 heavy (non-hydrogen) atoms. The molecule has 0 unspecified atom stereocenters. The van der Waals surface area contributed by atoms with Gasteiger partial charge in [0.25, 0.3) is 0 Å². The highest BCUT2D eigenvalue weighted by Crippen LogP contribution is 2.21. The van der Waals surface area contributed by atoms with Crippen molar-refractivity contribution in [3.8, 4) is 0 Å². The van der Waals surface area contributed by atoms with Gasteiger partial charge in [-0.3, -0.25) is 4.79 Å². The maximum atomic E-state index is 11.4. The van der Waals surface area contributed by atoms with E-state index in [1.807, 2.05) is 6.92 Å². The summed E-state index contributed by atoms with van der Waals surface area (Å²) in [7, 11) is 1.78. The van der Waals surface area contributed by atoms with Crippen molar-refractivity contribution in [1.82, 2.24) is 0 Å². The Kier molecular flexibility index (Phi) is 3.32. The molecule has 0 saturated carbocycles. The van der Waals surface area contributed by atoms with Gasteiger partial charge in [-0.1, -0.05) is 18.5 Å². The van der Waals surface area contributed by atoms with Gasteiger partial charge in [0, 0.05) is 29.7 Å². The second kappa shape index (κ2) is 4.28. The van der Waals surface area contributed by atoms with Crippen molar-refractivity contribution in [3.05, 3.63) is 28.8 Å². The van der Waals surface area contributed by atoms with Gasteiger partial charge in [0.2, 0.25) is 0 Å². The highest BCUT2D eigenvalue weighted by molar-refractivity contribution is 6.31. The van der Waals surface area contributed by atoms with Crippen molar-refractivity contribution in [2.24, 2.45) is 0 Å². The Morgan fingerprint density at radius 3 is 2.77 bits per heavy atom. The largest absolute Gasteiger partial charge is 0.387 e. The summed E-state index contributed by atoms with van der Waals surface area (Å²) in [4.78, 5) is 11.4. The van der Waals surface area contributed by atoms with Gasteiger partial charge in [-0.2, -0.15) is 0 Å². The topological polar surface area (TPSA) is 29.1 Å². The van der Waals surface area contributed by atoms with Gasteiger partial charge < -0.3 is 5.32 Å². The van der Waals surface area contributed by atoms with Crippen LogP contribution in [0.2, 0.25) is 5.02 Å². The van der Waals surface area contributed by atoms with Crippen LogP contribution in [0.15, 0.2) is 18.2 Å². The summed E-state index contributed by atoms with van der Waals surface area (Å²) in [5.74, 6) is 0.126. The fourth-order valence-corrected chi connectivity index (χ4v) is 1.33. The monoisotopic (exact) mass is 197 g/mol. The first-order valence-electron chi connectivity index (χ1n) is 4.19. The van der Waals surface area contributed by atoms with Gasteiger partial charge in [-0.25, -0.2) is 0 Å². The summed E-state index contributed by atoms with van der Waals surface area (Å²) in [5, 5.41) is 3.58. The van der Waals surface area contributed by atoms with Gasteiger partial charge in [-0.15, -0.1) is 0 Å². The number of Topliss-reactive ketones (excluding diaryl/α,β-unsaturated/α-hetero) is 1. The lowest BCUT2D eigenvalue weighted by Crippen LogP contribution is -2.02. The van der Waals surface area contributed by atoms with Crippen LogP contribution in [0.3, 0.4) is 0 Å². The Morgan fingerprint density at radius 1 is 1.54 bits per heavy atom. The third-order valence-corrected chi connectivity index (χ3v) is 2.11. The molecule has 70 valence electrons. The molecule has 0 spiro atoms. The molecule has 0 aromatic heterocycles. The summed E-state index contributed by atoms with van der Waals surface area (Å²) in [5.41, 5.74) is 1.49. The molecule has 1 N–H and O–H groups in total. The van der Waals surface area contributed by atoms with E-state index in [1.165, 1.54) is 0 Å². The molecule has 0 aliphatic carbocycles. The second-order valence-electron chi connectivity index (χ2n) is 2.72. The van der Waals surface area contributed by atoms with Crippen molar-refractivity contribution in [1.29, 1.82) is 0 Å². The van der Waals surface area contributed by atoms with Crippen LogP contribution < -0.4 is 5.32 Å². The first-order valence-corrected chi connectivity index (χ1v) is 4.57. The molecule has 1 aromatic rings. The first-order chi connectivity index (χ1) is 6.19. The summed E-state index contributed by atoms with van der Waals surface area (Å²) in [6, 6.07) is 5.23. The molecule has 0 fully saturated rings. The van der Waals surface area contributed by atoms with E-state index in [0.29, 0.717) is 17.0 Å². The van der Waals surface area contributed by atoms with Gasteiger partial charge in [0.15, 0.2) is 5.78 Å². The minimum atomic E-state index is 0.126. The molecule has 0 aliphatic heterocycles. The number of benzene rings is 1. The molecule has 1 aromatic carbocycles. The van der Waals surface area contributed by atoms with Gasteiger partial charge >= 0.3 is 0 Å². The van der Waals surface area contributed by atoms with Crippen LogP contribution in [-0.4, -0.2) is 12.8 Å². The molecular formula is C10H12ClNO. The highest BCUT2D eigenvalue weighted by atomic mass is 35.5. The van der Waals surface area contributed by atoms with Gasteiger partial charge in [-0.05, 0) is 18.2 Å². The molecule has 1 rings (SSSR count). The van der Waals surface area contributed by atoms with Crippen molar-refractivity contribution in [2.75, 3.05) is 12.4 Å². The predicted molar refractivity (Wildman–Crippen MR) is 55.6 cm³/mol. The zero-order valence-electron chi connectivity index (χ0n) is 7.73. The number of carbonyl (C=O) groups is 1. The molecule has 0 saturated heterocycles. The molecule has 0 aliphatic rings. The molecule has 0 radical (unpaired) electrons. The van der Waals surface area contributed by atoms with Crippen LogP contribution in [0.4, 0.5) is 5.69 Å². The minimum absolute atomic E-state index is 0.126. The third kappa shape index (κ3) is 2.22. The zero-order valence-corrected chi connectivity index (χ0v) is 8.48. The number of halogens is 1. The molecular weight excluding hydrogens is 186 g/mol. The highest BCUT2D eigenvalue weighted by Gasteiger charge is 2.08. The molecule has 3 heteroatoms. The van der Waals surface area contributed by atoms with Crippen LogP contribution >= 0.6 is 11.6 Å². The Morgan fingerprint density at radius 2 is 2.23 bits per heavy atom. The Balaban J connectivity index is 3.13. The maximum Gasteiger partial charge on any atom is 0.164 e. The second-order valence-corrected chi connectivity index (χ2v) is 3.15. The van der Waals surface area contributed by atoms with E-state index in [1.54, 1.807) is 25.2 Å². The number of nitrogens with one attached hydrogen (secondary N) is 1. The van der Waals surface area contributed by atoms with Crippen LogP contribution in [0.5, 0.6) is 0 Å². The van der Waals surface area contributed by atoms with Crippen LogP contribution in [0.25, 0.3) is 0 Å². The molecule has 0 atom stereocenters. The lowest BCUT2D eigenvalue weighted by Gasteiger charge is -2.06. The van der Waals surface area contributed by atoms with E-state index in [4.69, 9.17) is 11.6 Å². The van der Waals surface area contributed by atoms with E-state index < -0.39 is 0 Å². The number of anilines is 1. The number of hydrogen-bond acceptors (Lipinski definition) is 2. The van der Waals surface area contributed by atoms with Gasteiger partial charge in [0.1, 0.15) is 0 Å². The van der Waals surface area contributed by atoms with Crippen LogP contribution in [0, 0.1) is 0 Å². The zero-order chi connectivity index (χ0) is 9.84. The Hall–Kier alpha value is -1.02. The number of carbonyl (C=O) groups excluding carboxylic acids is 1. The van der Waals surface area contributed by atoms with E-state index in [2.05, 4.69) is 5.32 Å². The van der Waals surface area contributed by atoms with E-state index in [-0.39, 0.29) is 5.78 Å². The average molecular weight is 198 g/mol.